The van der Waals surface area contributed by atoms with Gasteiger partial charge in [0.05, 0.1) is 6.61 Å². The molecule has 1 atom stereocenters. The van der Waals surface area contributed by atoms with Crippen LogP contribution in [0.4, 0.5) is 4.79 Å². The summed E-state index contributed by atoms with van der Waals surface area (Å²) in [6.45, 7) is 6.58. The van der Waals surface area contributed by atoms with Crippen molar-refractivity contribution in [2.24, 2.45) is 5.41 Å². The van der Waals surface area contributed by atoms with Gasteiger partial charge in [0.25, 0.3) is 0 Å². The molecule has 0 radical (unpaired) electrons. The predicted molar refractivity (Wildman–Crippen MR) is 38.0 cm³/mol. The monoisotopic (exact) mass is 149 g/mol. The van der Waals surface area contributed by atoms with Crippen LogP contribution in [0, 0.1) is 5.41 Å². The van der Waals surface area contributed by atoms with Crippen LogP contribution >= 0.6 is 0 Å². The number of amides is 1. The van der Waals surface area contributed by atoms with E-state index in [1.54, 1.807) is 0 Å². The molecule has 0 aromatic rings. The van der Waals surface area contributed by atoms with E-state index in [1.165, 1.54) is 0 Å². The van der Waals surface area contributed by atoms with Gasteiger partial charge in [-0.15, -0.1) is 0 Å². The molecule has 0 spiro atoms. The third kappa shape index (κ3) is 2.76. The molecular formula is C7H12LiNO2. The van der Waals surface area contributed by atoms with E-state index in [1.807, 2.05) is 20.8 Å². The van der Waals surface area contributed by atoms with Crippen LogP contribution in [0.3, 0.4) is 0 Å². The Hall–Kier alpha value is -0.133. The van der Waals surface area contributed by atoms with Crippen molar-refractivity contribution in [3.63, 3.8) is 0 Å². The summed E-state index contributed by atoms with van der Waals surface area (Å²) in [4.78, 5) is 10.5. The molecule has 1 rings (SSSR count). The summed E-state index contributed by atoms with van der Waals surface area (Å²) in [6.07, 6.45) is -0.417. The molecule has 3 nitrogen and oxygen atoms in total. The number of carbonyl (C=O) groups is 1. The van der Waals surface area contributed by atoms with Gasteiger partial charge >= 0.3 is 18.9 Å². The number of nitrogens with zero attached hydrogens (tertiary/aromatic N) is 1. The molecule has 0 N–H and O–H groups in total. The largest absolute Gasteiger partial charge is 1.00 e. The van der Waals surface area contributed by atoms with Crippen LogP contribution in [0.5, 0.6) is 0 Å². The summed E-state index contributed by atoms with van der Waals surface area (Å²) in [6, 6.07) is 0.0417. The fourth-order valence-corrected chi connectivity index (χ4v) is 0.796. The number of hydrogen-bond acceptors (Lipinski definition) is 2. The quantitative estimate of drug-likeness (QED) is 0.411. The Morgan fingerprint density at radius 1 is 1.55 bits per heavy atom. The van der Waals surface area contributed by atoms with Gasteiger partial charge in [-0.05, 0) is 5.41 Å². The SMILES string of the molecule is CC(C)(C)[C@H]1COC(=O)[N-]1.[Li+]. The molecule has 1 saturated heterocycles. The van der Waals surface area contributed by atoms with Crippen LogP contribution in [0.25, 0.3) is 5.32 Å². The Morgan fingerprint density at radius 2 is 2.09 bits per heavy atom. The molecule has 0 unspecified atom stereocenters. The number of carbonyl (C=O) groups excluding carboxylic acids is 1. The van der Waals surface area contributed by atoms with E-state index < -0.39 is 6.09 Å². The second kappa shape index (κ2) is 3.51. The van der Waals surface area contributed by atoms with Crippen molar-refractivity contribution in [3.05, 3.63) is 5.32 Å². The van der Waals surface area contributed by atoms with Gasteiger partial charge in [-0.3, -0.25) is 4.79 Å². The average molecular weight is 149 g/mol. The third-order valence-corrected chi connectivity index (χ3v) is 1.63. The van der Waals surface area contributed by atoms with Gasteiger partial charge in [-0.2, -0.15) is 0 Å². The molecule has 0 aromatic heterocycles. The van der Waals surface area contributed by atoms with E-state index in [0.717, 1.165) is 0 Å². The summed E-state index contributed by atoms with van der Waals surface area (Å²) in [7, 11) is 0. The van der Waals surface area contributed by atoms with Crippen molar-refractivity contribution in [1.82, 2.24) is 0 Å². The first-order chi connectivity index (χ1) is 4.50. The normalized spacial score (nSPS) is 23.5. The second-order valence-electron chi connectivity index (χ2n) is 3.59. The van der Waals surface area contributed by atoms with Crippen LogP contribution in [0.2, 0.25) is 0 Å². The zero-order valence-electron chi connectivity index (χ0n) is 7.55. The molecule has 1 aliphatic heterocycles. The van der Waals surface area contributed by atoms with E-state index in [9.17, 15) is 4.79 Å². The Bertz CT molecular complexity index is 153. The van der Waals surface area contributed by atoms with Crippen molar-refractivity contribution in [2.75, 3.05) is 6.61 Å². The number of cyclic esters (lactones) is 1. The summed E-state index contributed by atoms with van der Waals surface area (Å²) < 4.78 is 4.69. The van der Waals surface area contributed by atoms with Crippen LogP contribution < -0.4 is 18.9 Å². The maximum Gasteiger partial charge on any atom is 1.00 e. The zero-order chi connectivity index (χ0) is 7.78. The van der Waals surface area contributed by atoms with E-state index >= 15 is 0 Å². The molecule has 58 valence electrons. The molecule has 0 aliphatic carbocycles. The van der Waals surface area contributed by atoms with E-state index in [0.29, 0.717) is 6.61 Å². The van der Waals surface area contributed by atoms with Gasteiger partial charge in [-0.1, -0.05) is 26.8 Å². The number of ether oxygens (including phenoxy) is 1. The topological polar surface area (TPSA) is 40.4 Å². The van der Waals surface area contributed by atoms with Gasteiger partial charge in [0.2, 0.25) is 6.09 Å². The fraction of sp³-hybridized carbons (Fsp3) is 0.857. The predicted octanol–water partition coefficient (Wildman–Crippen LogP) is -1.07. The van der Waals surface area contributed by atoms with Crippen molar-refractivity contribution < 1.29 is 28.4 Å². The van der Waals surface area contributed by atoms with Gasteiger partial charge in [0.1, 0.15) is 0 Å². The van der Waals surface area contributed by atoms with Gasteiger partial charge in [0, 0.05) is 0 Å². The van der Waals surface area contributed by atoms with Crippen LogP contribution in [0.15, 0.2) is 0 Å². The molecule has 1 heterocycles. The molecule has 4 heteroatoms. The molecule has 1 amide bonds. The average Bonchev–Trinajstić information content (AvgIpc) is 2.11. The number of hydrogen-bond donors (Lipinski definition) is 0. The third-order valence-electron chi connectivity index (χ3n) is 1.63. The maximum atomic E-state index is 10.5. The second-order valence-corrected chi connectivity index (χ2v) is 3.59. The van der Waals surface area contributed by atoms with Gasteiger partial charge < -0.3 is 10.1 Å². The maximum absolute atomic E-state index is 10.5. The van der Waals surface area contributed by atoms with Crippen LogP contribution in [-0.2, 0) is 4.74 Å². The molecule has 1 aliphatic rings. The standard InChI is InChI=1S/C7H13NO2.Li/c1-7(2,3)5-4-10-6(9)8-5;/h5H,4H2,1-3H3,(H,8,9);/q;+1/p-1/t5-;/m1./s1. The van der Waals surface area contributed by atoms with Crippen molar-refractivity contribution in [1.29, 1.82) is 0 Å². The van der Waals surface area contributed by atoms with E-state index in [2.05, 4.69) is 10.1 Å². The molecular weight excluding hydrogens is 137 g/mol. The molecule has 0 bridgehead atoms. The Balaban J connectivity index is 0.000001000. The summed E-state index contributed by atoms with van der Waals surface area (Å²) in [5, 5.41) is 3.80. The Labute approximate surface area is 79.0 Å². The van der Waals surface area contributed by atoms with Crippen LogP contribution in [-0.4, -0.2) is 18.7 Å². The van der Waals surface area contributed by atoms with Gasteiger partial charge in [0.15, 0.2) is 0 Å². The Kier molecular flexibility index (Phi) is 3.47. The minimum atomic E-state index is -0.417. The molecule has 1 fully saturated rings. The molecule has 11 heavy (non-hydrogen) atoms. The molecule has 0 aromatic carbocycles. The first-order valence-corrected chi connectivity index (χ1v) is 3.38. The van der Waals surface area contributed by atoms with E-state index in [4.69, 9.17) is 0 Å². The van der Waals surface area contributed by atoms with Crippen molar-refractivity contribution >= 4 is 6.09 Å². The number of rotatable bonds is 0. The molecule has 0 saturated carbocycles. The summed E-state index contributed by atoms with van der Waals surface area (Å²) in [5.74, 6) is 0. The van der Waals surface area contributed by atoms with Gasteiger partial charge in [-0.25, -0.2) is 0 Å². The summed E-state index contributed by atoms with van der Waals surface area (Å²) in [5.41, 5.74) is 0.0478. The Morgan fingerprint density at radius 3 is 2.27 bits per heavy atom. The minimum Gasteiger partial charge on any atom is -0.612 e. The minimum absolute atomic E-state index is 0. The fourth-order valence-electron chi connectivity index (χ4n) is 0.796. The first kappa shape index (κ1) is 10.9. The smallest absolute Gasteiger partial charge is 0.612 e. The summed E-state index contributed by atoms with van der Waals surface area (Å²) >= 11 is 0. The zero-order valence-corrected chi connectivity index (χ0v) is 7.55. The van der Waals surface area contributed by atoms with Crippen molar-refractivity contribution in [3.8, 4) is 0 Å². The van der Waals surface area contributed by atoms with Crippen molar-refractivity contribution in [2.45, 2.75) is 26.8 Å². The van der Waals surface area contributed by atoms with E-state index in [-0.39, 0.29) is 30.3 Å². The van der Waals surface area contributed by atoms with Crippen LogP contribution in [0.1, 0.15) is 20.8 Å². The first-order valence-electron chi connectivity index (χ1n) is 3.38.